The van der Waals surface area contributed by atoms with Gasteiger partial charge in [0.2, 0.25) is 0 Å². The van der Waals surface area contributed by atoms with E-state index in [1.807, 2.05) is 0 Å². The van der Waals surface area contributed by atoms with Crippen LogP contribution >= 0.6 is 27.3 Å². The molecule has 0 aliphatic rings. The standard InChI is InChI=1S/C11H18BrNS/c1-4-8(2)9(3)13-6-11-5-10(12)7-14-11/h5,7-9,13H,4,6H2,1-3H3/t8-,9+/m1/s1. The zero-order valence-corrected chi connectivity index (χ0v) is 11.4. The summed E-state index contributed by atoms with van der Waals surface area (Å²) in [6.45, 7) is 7.78. The van der Waals surface area contributed by atoms with Gasteiger partial charge >= 0.3 is 0 Å². The second kappa shape index (κ2) is 5.89. The highest BCUT2D eigenvalue weighted by atomic mass is 79.9. The average Bonchev–Trinajstić information content (AvgIpc) is 2.59. The number of halogens is 1. The van der Waals surface area contributed by atoms with Crippen LogP contribution in [0.1, 0.15) is 32.1 Å². The lowest BCUT2D eigenvalue weighted by Crippen LogP contribution is -2.30. The number of thiophene rings is 1. The molecule has 3 heteroatoms. The molecule has 1 heterocycles. The third-order valence-electron chi connectivity index (χ3n) is 2.72. The van der Waals surface area contributed by atoms with Gasteiger partial charge in [-0.1, -0.05) is 20.3 Å². The smallest absolute Gasteiger partial charge is 0.0302 e. The summed E-state index contributed by atoms with van der Waals surface area (Å²) in [4.78, 5) is 1.40. The Morgan fingerprint density at radius 2 is 2.21 bits per heavy atom. The van der Waals surface area contributed by atoms with E-state index in [-0.39, 0.29) is 0 Å². The van der Waals surface area contributed by atoms with Crippen LogP contribution in [-0.4, -0.2) is 6.04 Å². The van der Waals surface area contributed by atoms with Crippen molar-refractivity contribution in [2.75, 3.05) is 0 Å². The van der Waals surface area contributed by atoms with Crippen LogP contribution in [0.15, 0.2) is 15.9 Å². The first-order valence-electron chi connectivity index (χ1n) is 5.09. The van der Waals surface area contributed by atoms with E-state index < -0.39 is 0 Å². The fourth-order valence-electron chi connectivity index (χ4n) is 1.26. The molecule has 0 spiro atoms. The molecule has 1 aromatic rings. The molecule has 1 nitrogen and oxygen atoms in total. The molecule has 80 valence electrons. The summed E-state index contributed by atoms with van der Waals surface area (Å²) < 4.78 is 1.19. The highest BCUT2D eigenvalue weighted by molar-refractivity contribution is 9.10. The van der Waals surface area contributed by atoms with Crippen molar-refractivity contribution in [3.63, 3.8) is 0 Å². The maximum Gasteiger partial charge on any atom is 0.0302 e. The first-order valence-corrected chi connectivity index (χ1v) is 6.77. The van der Waals surface area contributed by atoms with Crippen LogP contribution in [0.25, 0.3) is 0 Å². The van der Waals surface area contributed by atoms with Crippen molar-refractivity contribution in [1.29, 1.82) is 0 Å². The minimum Gasteiger partial charge on any atom is -0.309 e. The van der Waals surface area contributed by atoms with Crippen LogP contribution < -0.4 is 5.32 Å². The molecular formula is C11H18BrNS. The average molecular weight is 276 g/mol. The zero-order valence-electron chi connectivity index (χ0n) is 9.01. The van der Waals surface area contributed by atoms with Crippen molar-refractivity contribution in [2.45, 2.75) is 39.8 Å². The van der Waals surface area contributed by atoms with Crippen LogP contribution in [0.3, 0.4) is 0 Å². The molecule has 1 rings (SSSR count). The lowest BCUT2D eigenvalue weighted by Gasteiger charge is -2.19. The Morgan fingerprint density at radius 3 is 2.71 bits per heavy atom. The number of rotatable bonds is 5. The van der Waals surface area contributed by atoms with Crippen molar-refractivity contribution >= 4 is 27.3 Å². The molecule has 0 aliphatic carbocycles. The summed E-state index contributed by atoms with van der Waals surface area (Å²) in [5.41, 5.74) is 0. The molecule has 0 saturated carbocycles. The minimum atomic E-state index is 0.598. The Bertz CT molecular complexity index is 272. The summed E-state index contributed by atoms with van der Waals surface area (Å²) in [5.74, 6) is 0.749. The Kier molecular flexibility index (Phi) is 5.13. The third kappa shape index (κ3) is 3.71. The van der Waals surface area contributed by atoms with Crippen LogP contribution in [0.5, 0.6) is 0 Å². The molecule has 14 heavy (non-hydrogen) atoms. The van der Waals surface area contributed by atoms with Crippen LogP contribution in [-0.2, 0) is 6.54 Å². The predicted octanol–water partition coefficient (Wildman–Crippen LogP) is 4.03. The monoisotopic (exact) mass is 275 g/mol. The molecule has 0 aromatic carbocycles. The third-order valence-corrected chi connectivity index (χ3v) is 4.42. The Hall–Kier alpha value is 0.140. The number of hydrogen-bond donors (Lipinski definition) is 1. The lowest BCUT2D eigenvalue weighted by molar-refractivity contribution is 0.390. The van der Waals surface area contributed by atoms with Gasteiger partial charge in [-0.15, -0.1) is 11.3 Å². The molecule has 0 aliphatic heterocycles. The van der Waals surface area contributed by atoms with Crippen molar-refractivity contribution in [3.8, 4) is 0 Å². The largest absolute Gasteiger partial charge is 0.309 e. The Labute approximate surface area is 99.0 Å². The van der Waals surface area contributed by atoms with E-state index in [4.69, 9.17) is 0 Å². The molecule has 0 fully saturated rings. The van der Waals surface area contributed by atoms with E-state index in [9.17, 15) is 0 Å². The maximum absolute atomic E-state index is 3.55. The van der Waals surface area contributed by atoms with Gasteiger partial charge < -0.3 is 5.32 Å². The molecular weight excluding hydrogens is 258 g/mol. The van der Waals surface area contributed by atoms with Gasteiger partial charge in [-0.05, 0) is 34.8 Å². The first kappa shape index (κ1) is 12.2. The SMILES string of the molecule is CC[C@@H](C)[C@H](C)NCc1cc(Br)cs1. The topological polar surface area (TPSA) is 12.0 Å². The molecule has 2 atom stereocenters. The molecule has 0 radical (unpaired) electrons. The fraction of sp³-hybridized carbons (Fsp3) is 0.636. The van der Waals surface area contributed by atoms with E-state index in [1.54, 1.807) is 11.3 Å². The van der Waals surface area contributed by atoms with Crippen molar-refractivity contribution < 1.29 is 0 Å². The van der Waals surface area contributed by atoms with Gasteiger partial charge in [0, 0.05) is 27.3 Å². The summed E-state index contributed by atoms with van der Waals surface area (Å²) in [6, 6.07) is 2.78. The number of hydrogen-bond acceptors (Lipinski definition) is 2. The van der Waals surface area contributed by atoms with Crippen LogP contribution in [0.4, 0.5) is 0 Å². The second-order valence-corrected chi connectivity index (χ2v) is 5.70. The van der Waals surface area contributed by atoms with Crippen LogP contribution in [0.2, 0.25) is 0 Å². The highest BCUT2D eigenvalue weighted by Crippen LogP contribution is 2.19. The van der Waals surface area contributed by atoms with Crippen molar-refractivity contribution in [2.24, 2.45) is 5.92 Å². The predicted molar refractivity (Wildman–Crippen MR) is 67.8 cm³/mol. The first-order chi connectivity index (χ1) is 6.63. The summed E-state index contributed by atoms with van der Waals surface area (Å²) in [7, 11) is 0. The van der Waals surface area contributed by atoms with Crippen molar-refractivity contribution in [1.82, 2.24) is 5.32 Å². The zero-order chi connectivity index (χ0) is 10.6. The van der Waals surface area contributed by atoms with Crippen LogP contribution in [0, 0.1) is 5.92 Å². The molecule has 0 saturated heterocycles. The Balaban J connectivity index is 2.33. The van der Waals surface area contributed by atoms with Gasteiger partial charge in [0.05, 0.1) is 0 Å². The summed E-state index contributed by atoms with van der Waals surface area (Å²) >= 11 is 5.27. The molecule has 0 bridgehead atoms. The molecule has 0 unspecified atom stereocenters. The highest BCUT2D eigenvalue weighted by Gasteiger charge is 2.09. The van der Waals surface area contributed by atoms with Gasteiger partial charge in [0.1, 0.15) is 0 Å². The van der Waals surface area contributed by atoms with Gasteiger partial charge in [-0.25, -0.2) is 0 Å². The molecule has 1 N–H and O–H groups in total. The van der Waals surface area contributed by atoms with E-state index in [0.717, 1.165) is 12.5 Å². The Morgan fingerprint density at radius 1 is 1.50 bits per heavy atom. The van der Waals surface area contributed by atoms with Crippen molar-refractivity contribution in [3.05, 3.63) is 20.8 Å². The summed E-state index contributed by atoms with van der Waals surface area (Å²) in [6.07, 6.45) is 1.24. The molecule has 0 amide bonds. The van der Waals surface area contributed by atoms with Gasteiger partial charge in [0.15, 0.2) is 0 Å². The minimum absolute atomic E-state index is 0.598. The van der Waals surface area contributed by atoms with Gasteiger partial charge in [0.25, 0.3) is 0 Å². The molecule has 1 aromatic heterocycles. The van der Waals surface area contributed by atoms with E-state index in [2.05, 4.69) is 53.5 Å². The fourth-order valence-corrected chi connectivity index (χ4v) is 2.66. The second-order valence-electron chi connectivity index (χ2n) is 3.79. The van der Waals surface area contributed by atoms with E-state index in [0.29, 0.717) is 6.04 Å². The lowest BCUT2D eigenvalue weighted by atomic mass is 10.0. The van der Waals surface area contributed by atoms with Gasteiger partial charge in [-0.2, -0.15) is 0 Å². The maximum atomic E-state index is 3.55. The van der Waals surface area contributed by atoms with E-state index >= 15 is 0 Å². The quantitative estimate of drug-likeness (QED) is 0.856. The summed E-state index contributed by atoms with van der Waals surface area (Å²) in [5, 5.41) is 5.68. The normalized spacial score (nSPS) is 15.4. The van der Waals surface area contributed by atoms with Gasteiger partial charge in [-0.3, -0.25) is 0 Å². The van der Waals surface area contributed by atoms with E-state index in [1.165, 1.54) is 15.8 Å². The number of nitrogens with one attached hydrogen (secondary N) is 1.